The van der Waals surface area contributed by atoms with E-state index < -0.39 is 0 Å². The Kier molecular flexibility index (Phi) is 1.40. The van der Waals surface area contributed by atoms with E-state index in [2.05, 4.69) is 0 Å². The second-order valence-electron chi connectivity index (χ2n) is 3.79. The molecule has 1 aliphatic heterocycles. The zero-order valence-electron chi connectivity index (χ0n) is 7.23. The summed E-state index contributed by atoms with van der Waals surface area (Å²) in [5, 5.41) is 0. The van der Waals surface area contributed by atoms with Crippen molar-refractivity contribution >= 4 is 0 Å². The predicted molar refractivity (Wildman–Crippen MR) is 44.8 cm³/mol. The van der Waals surface area contributed by atoms with Gasteiger partial charge >= 0.3 is 0 Å². The van der Waals surface area contributed by atoms with E-state index in [1.165, 1.54) is 12.1 Å². The third kappa shape index (κ3) is 1.17. The van der Waals surface area contributed by atoms with Crippen LogP contribution in [-0.2, 0) is 6.42 Å². The Morgan fingerprint density at radius 1 is 1.42 bits per heavy atom. The second kappa shape index (κ2) is 2.22. The molecule has 2 heteroatoms. The van der Waals surface area contributed by atoms with Crippen LogP contribution in [0.5, 0.6) is 5.75 Å². The molecule has 1 aromatic carbocycles. The van der Waals surface area contributed by atoms with Crippen molar-refractivity contribution in [3.63, 3.8) is 0 Å². The summed E-state index contributed by atoms with van der Waals surface area (Å²) < 4.78 is 18.3. The molecule has 0 saturated carbocycles. The molecule has 2 rings (SSSR count). The topological polar surface area (TPSA) is 9.23 Å². The monoisotopic (exact) mass is 166 g/mol. The fourth-order valence-electron chi connectivity index (χ4n) is 1.56. The summed E-state index contributed by atoms with van der Waals surface area (Å²) >= 11 is 0. The van der Waals surface area contributed by atoms with E-state index in [4.69, 9.17) is 4.74 Å². The molecule has 0 fully saturated rings. The number of fused-ring (bicyclic) bond motifs is 1. The SMILES string of the molecule is CC1(C)Cc2ccc(F)cc2O1. The summed E-state index contributed by atoms with van der Waals surface area (Å²) in [6.45, 7) is 4.01. The summed E-state index contributed by atoms with van der Waals surface area (Å²) in [5.41, 5.74) is 0.928. The van der Waals surface area contributed by atoms with Crippen molar-refractivity contribution < 1.29 is 9.13 Å². The van der Waals surface area contributed by atoms with Crippen LogP contribution in [-0.4, -0.2) is 5.60 Å². The molecule has 1 heterocycles. The molecular weight excluding hydrogens is 155 g/mol. The van der Waals surface area contributed by atoms with Crippen LogP contribution >= 0.6 is 0 Å². The number of halogens is 1. The van der Waals surface area contributed by atoms with Crippen molar-refractivity contribution in [2.24, 2.45) is 0 Å². The number of rotatable bonds is 0. The van der Waals surface area contributed by atoms with E-state index in [0.29, 0.717) is 5.75 Å². The Morgan fingerprint density at radius 3 is 2.92 bits per heavy atom. The standard InChI is InChI=1S/C10H11FO/c1-10(2)6-7-3-4-8(11)5-9(7)12-10/h3-5H,6H2,1-2H3. The fraction of sp³-hybridized carbons (Fsp3) is 0.400. The van der Waals surface area contributed by atoms with Gasteiger partial charge in [-0.25, -0.2) is 4.39 Å². The van der Waals surface area contributed by atoms with Crippen LogP contribution in [0.15, 0.2) is 18.2 Å². The lowest BCUT2D eigenvalue weighted by Gasteiger charge is -2.16. The second-order valence-corrected chi connectivity index (χ2v) is 3.79. The van der Waals surface area contributed by atoms with Gasteiger partial charge in [0.1, 0.15) is 17.2 Å². The lowest BCUT2D eigenvalue weighted by Crippen LogP contribution is -2.24. The largest absolute Gasteiger partial charge is 0.487 e. The van der Waals surface area contributed by atoms with Crippen LogP contribution in [0.4, 0.5) is 4.39 Å². The van der Waals surface area contributed by atoms with Gasteiger partial charge in [-0.3, -0.25) is 0 Å². The third-order valence-corrected chi connectivity index (χ3v) is 2.03. The van der Waals surface area contributed by atoms with Crippen molar-refractivity contribution in [1.29, 1.82) is 0 Å². The maximum atomic E-state index is 12.7. The number of benzene rings is 1. The molecule has 1 aliphatic rings. The first-order valence-electron chi connectivity index (χ1n) is 4.04. The molecule has 0 radical (unpaired) electrons. The molecule has 0 aliphatic carbocycles. The van der Waals surface area contributed by atoms with Crippen LogP contribution in [0.1, 0.15) is 19.4 Å². The molecule has 0 N–H and O–H groups in total. The summed E-state index contributed by atoms with van der Waals surface area (Å²) in [6, 6.07) is 4.72. The molecule has 0 aromatic heterocycles. The van der Waals surface area contributed by atoms with Crippen molar-refractivity contribution in [2.45, 2.75) is 25.9 Å². The van der Waals surface area contributed by atoms with Gasteiger partial charge in [0, 0.05) is 12.5 Å². The minimum Gasteiger partial charge on any atom is -0.487 e. The highest BCUT2D eigenvalue weighted by Gasteiger charge is 2.29. The van der Waals surface area contributed by atoms with E-state index in [0.717, 1.165) is 12.0 Å². The van der Waals surface area contributed by atoms with Crippen LogP contribution in [0.2, 0.25) is 0 Å². The van der Waals surface area contributed by atoms with Gasteiger partial charge in [-0.2, -0.15) is 0 Å². The van der Waals surface area contributed by atoms with Crippen LogP contribution < -0.4 is 4.74 Å². The molecular formula is C10H11FO. The lowest BCUT2D eigenvalue weighted by molar-refractivity contribution is 0.138. The first kappa shape index (κ1) is 7.59. The average Bonchev–Trinajstić information content (AvgIpc) is 2.21. The molecule has 0 spiro atoms. The Balaban J connectivity index is 2.43. The quantitative estimate of drug-likeness (QED) is 0.575. The van der Waals surface area contributed by atoms with E-state index >= 15 is 0 Å². The number of ether oxygens (including phenoxy) is 1. The highest BCUT2D eigenvalue weighted by Crippen LogP contribution is 2.34. The summed E-state index contributed by atoms with van der Waals surface area (Å²) in [7, 11) is 0. The lowest BCUT2D eigenvalue weighted by atomic mass is 10.0. The van der Waals surface area contributed by atoms with Gasteiger partial charge in [0.2, 0.25) is 0 Å². The van der Waals surface area contributed by atoms with Gasteiger partial charge in [-0.1, -0.05) is 6.07 Å². The summed E-state index contributed by atoms with van der Waals surface area (Å²) in [4.78, 5) is 0. The smallest absolute Gasteiger partial charge is 0.126 e. The third-order valence-electron chi connectivity index (χ3n) is 2.03. The predicted octanol–water partition coefficient (Wildman–Crippen LogP) is 2.54. The molecule has 0 amide bonds. The van der Waals surface area contributed by atoms with Gasteiger partial charge in [0.25, 0.3) is 0 Å². The Bertz CT molecular complexity index is 318. The normalized spacial score (nSPS) is 18.6. The van der Waals surface area contributed by atoms with Crippen molar-refractivity contribution in [3.05, 3.63) is 29.6 Å². The van der Waals surface area contributed by atoms with Crippen LogP contribution in [0, 0.1) is 5.82 Å². The van der Waals surface area contributed by atoms with E-state index in [1.54, 1.807) is 6.07 Å². The Labute approximate surface area is 71.2 Å². The molecule has 64 valence electrons. The van der Waals surface area contributed by atoms with Crippen LogP contribution in [0.3, 0.4) is 0 Å². The Morgan fingerprint density at radius 2 is 2.17 bits per heavy atom. The maximum absolute atomic E-state index is 12.7. The zero-order chi connectivity index (χ0) is 8.77. The van der Waals surface area contributed by atoms with Crippen molar-refractivity contribution in [2.75, 3.05) is 0 Å². The minimum atomic E-state index is -0.230. The molecule has 0 unspecified atom stereocenters. The maximum Gasteiger partial charge on any atom is 0.126 e. The first-order chi connectivity index (χ1) is 5.57. The van der Waals surface area contributed by atoms with Crippen molar-refractivity contribution in [3.8, 4) is 5.75 Å². The molecule has 1 nitrogen and oxygen atoms in total. The Hall–Kier alpha value is -1.05. The first-order valence-corrected chi connectivity index (χ1v) is 4.04. The van der Waals surface area contributed by atoms with Gasteiger partial charge in [0.15, 0.2) is 0 Å². The van der Waals surface area contributed by atoms with Gasteiger partial charge in [0.05, 0.1) is 0 Å². The average molecular weight is 166 g/mol. The highest BCUT2D eigenvalue weighted by molar-refractivity contribution is 5.39. The van der Waals surface area contributed by atoms with E-state index in [1.807, 2.05) is 13.8 Å². The van der Waals surface area contributed by atoms with Crippen molar-refractivity contribution in [1.82, 2.24) is 0 Å². The summed E-state index contributed by atoms with van der Waals surface area (Å²) in [5.74, 6) is 0.464. The molecule has 0 saturated heterocycles. The van der Waals surface area contributed by atoms with Crippen LogP contribution in [0.25, 0.3) is 0 Å². The highest BCUT2D eigenvalue weighted by atomic mass is 19.1. The minimum absolute atomic E-state index is 0.171. The number of hydrogen-bond donors (Lipinski definition) is 0. The number of hydrogen-bond acceptors (Lipinski definition) is 1. The van der Waals surface area contributed by atoms with E-state index in [-0.39, 0.29) is 11.4 Å². The van der Waals surface area contributed by atoms with Gasteiger partial charge in [-0.05, 0) is 25.5 Å². The zero-order valence-corrected chi connectivity index (χ0v) is 7.23. The molecule has 12 heavy (non-hydrogen) atoms. The fourth-order valence-corrected chi connectivity index (χ4v) is 1.56. The molecule has 0 bridgehead atoms. The molecule has 0 atom stereocenters. The van der Waals surface area contributed by atoms with Gasteiger partial charge < -0.3 is 4.74 Å². The molecule has 1 aromatic rings. The van der Waals surface area contributed by atoms with E-state index in [9.17, 15) is 4.39 Å². The van der Waals surface area contributed by atoms with Gasteiger partial charge in [-0.15, -0.1) is 0 Å². The summed E-state index contributed by atoms with van der Waals surface area (Å²) in [6.07, 6.45) is 0.864.